The Hall–Kier alpha value is -2.23. The summed E-state index contributed by atoms with van der Waals surface area (Å²) in [6.45, 7) is 7.57. The number of fused-ring (bicyclic) bond motifs is 2. The lowest BCUT2D eigenvalue weighted by Gasteiger charge is -2.40. The normalized spacial score (nSPS) is 41.8. The second-order valence-electron chi connectivity index (χ2n) is 15.3. The number of rotatable bonds is 1. The molecule has 0 aromatic rings. The zero-order valence-electron chi connectivity index (χ0n) is 31.4. The van der Waals surface area contributed by atoms with Gasteiger partial charge in [0, 0.05) is 24.8 Å². The number of aliphatic hydroxyl groups excluding tert-OH is 8. The monoisotopic (exact) mass is 738 g/mol. The number of cyclic esters (lactones) is 1. The first-order chi connectivity index (χ1) is 24.5. The van der Waals surface area contributed by atoms with Gasteiger partial charge >= 0.3 is 5.97 Å². The van der Waals surface area contributed by atoms with Gasteiger partial charge in [0.05, 0.1) is 54.9 Å². The number of esters is 1. The molecule has 0 saturated carbocycles. The largest absolute Gasteiger partial charge is 0.458 e. The van der Waals surface area contributed by atoms with Gasteiger partial charge in [-0.2, -0.15) is 0 Å². The van der Waals surface area contributed by atoms with Crippen molar-refractivity contribution in [1.29, 1.82) is 0 Å². The van der Waals surface area contributed by atoms with Gasteiger partial charge in [0.25, 0.3) is 0 Å². The molecular formula is C40H66O12. The highest BCUT2D eigenvalue weighted by atomic mass is 16.6. The summed E-state index contributed by atoms with van der Waals surface area (Å²) in [5.74, 6) is -2.27. The summed E-state index contributed by atoms with van der Waals surface area (Å²) in [6.07, 6.45) is 7.27. The van der Waals surface area contributed by atoms with Gasteiger partial charge in [0.2, 0.25) is 0 Å². The van der Waals surface area contributed by atoms with E-state index in [9.17, 15) is 50.8 Å². The number of allylic oxidation sites excluding steroid dienone is 8. The number of hydrogen-bond acceptors (Lipinski definition) is 12. The van der Waals surface area contributed by atoms with Crippen molar-refractivity contribution in [1.82, 2.24) is 0 Å². The molecule has 0 spiro atoms. The average molecular weight is 739 g/mol. The van der Waals surface area contributed by atoms with E-state index in [0.717, 1.165) is 0 Å². The molecule has 9 N–H and O–H groups in total. The van der Waals surface area contributed by atoms with Gasteiger partial charge in [-0.25, -0.2) is 4.79 Å². The maximum atomic E-state index is 12.8. The summed E-state index contributed by atoms with van der Waals surface area (Å²) in [5, 5.41) is 95.0. The minimum absolute atomic E-state index is 0.0120. The molecule has 2 heterocycles. The minimum atomic E-state index is -1.80. The molecule has 2 bridgehead atoms. The quantitative estimate of drug-likeness (QED) is 0.178. The first-order valence-electron chi connectivity index (χ1n) is 18.8. The number of carbonyl (C=O) groups is 1. The molecule has 2 rings (SSSR count). The lowest BCUT2D eigenvalue weighted by Crippen LogP contribution is -2.48. The van der Waals surface area contributed by atoms with E-state index in [0.29, 0.717) is 31.3 Å². The molecule has 1 fully saturated rings. The van der Waals surface area contributed by atoms with E-state index >= 15 is 0 Å². The maximum Gasteiger partial charge on any atom is 0.334 e. The molecule has 12 atom stereocenters. The molecule has 0 radical (unpaired) electrons. The Kier molecular flexibility index (Phi) is 20.8. The number of hydrogen-bond donors (Lipinski definition) is 9. The molecule has 298 valence electrons. The predicted octanol–water partition coefficient (Wildman–Crippen LogP) is 3.03. The van der Waals surface area contributed by atoms with Gasteiger partial charge < -0.3 is 55.4 Å². The Bertz CT molecular complexity index is 1180. The highest BCUT2D eigenvalue weighted by Gasteiger charge is 2.41. The molecule has 52 heavy (non-hydrogen) atoms. The Labute approximate surface area is 309 Å². The Morgan fingerprint density at radius 3 is 1.60 bits per heavy atom. The van der Waals surface area contributed by atoms with Crippen LogP contribution in [0.15, 0.2) is 60.3 Å². The van der Waals surface area contributed by atoms with Crippen LogP contribution in [-0.2, 0) is 14.3 Å². The average Bonchev–Trinajstić information content (AvgIpc) is 3.01. The summed E-state index contributed by atoms with van der Waals surface area (Å²) in [4.78, 5) is 12.8. The van der Waals surface area contributed by atoms with Crippen molar-refractivity contribution < 1.29 is 60.2 Å². The van der Waals surface area contributed by atoms with Gasteiger partial charge in [-0.3, -0.25) is 0 Å². The van der Waals surface area contributed by atoms with Crippen molar-refractivity contribution in [2.75, 3.05) is 0 Å². The molecule has 0 aliphatic carbocycles. The lowest BCUT2D eigenvalue weighted by atomic mass is 9.89. The van der Waals surface area contributed by atoms with Gasteiger partial charge in [-0.15, -0.1) is 0 Å². The van der Waals surface area contributed by atoms with Crippen LogP contribution in [-0.4, -0.2) is 119 Å². The van der Waals surface area contributed by atoms with Gasteiger partial charge in [-0.1, -0.05) is 75.5 Å². The molecule has 0 amide bonds. The van der Waals surface area contributed by atoms with E-state index in [1.54, 1.807) is 31.2 Å². The third kappa shape index (κ3) is 18.7. The van der Waals surface area contributed by atoms with Crippen molar-refractivity contribution in [2.24, 2.45) is 11.8 Å². The van der Waals surface area contributed by atoms with Crippen molar-refractivity contribution in [3.63, 3.8) is 0 Å². The maximum absolute atomic E-state index is 12.8. The van der Waals surface area contributed by atoms with Crippen LogP contribution in [0.4, 0.5) is 0 Å². The molecule has 12 unspecified atom stereocenters. The van der Waals surface area contributed by atoms with Crippen LogP contribution in [0.5, 0.6) is 0 Å². The molecule has 12 nitrogen and oxygen atoms in total. The van der Waals surface area contributed by atoms with Crippen LogP contribution in [0.3, 0.4) is 0 Å². The van der Waals surface area contributed by atoms with Gasteiger partial charge in [0.1, 0.15) is 6.10 Å². The highest BCUT2D eigenvalue weighted by Crippen LogP contribution is 2.33. The second-order valence-corrected chi connectivity index (χ2v) is 15.3. The number of aliphatic hydroxyl groups is 9. The zero-order valence-corrected chi connectivity index (χ0v) is 31.4. The molecule has 2 aliphatic rings. The molecule has 2 aliphatic heterocycles. The van der Waals surface area contributed by atoms with Crippen LogP contribution < -0.4 is 0 Å². The second kappa shape index (κ2) is 23.5. The summed E-state index contributed by atoms with van der Waals surface area (Å²) in [6, 6.07) is 0. The van der Waals surface area contributed by atoms with E-state index < -0.39 is 66.7 Å². The van der Waals surface area contributed by atoms with E-state index in [1.807, 2.05) is 51.2 Å². The van der Waals surface area contributed by atoms with Crippen molar-refractivity contribution in [2.45, 2.75) is 172 Å². The summed E-state index contributed by atoms with van der Waals surface area (Å²) >= 11 is 0. The Morgan fingerprint density at radius 1 is 0.635 bits per heavy atom. The number of carbonyl (C=O) groups excluding carboxylic acids is 1. The van der Waals surface area contributed by atoms with Crippen molar-refractivity contribution in [3.8, 4) is 0 Å². The summed E-state index contributed by atoms with van der Waals surface area (Å²) < 4.78 is 11.7. The first-order valence-corrected chi connectivity index (χ1v) is 18.8. The number of ether oxygens (including phenoxy) is 2. The standard InChI is InChI=1S/C40H66O12/c1-26(2)38-27(3)15-16-29(41)17-30(42)18-31(43)19-32(44)20-33(45)21-34(46)22-35(47)24-40(50)25-36(48)23-37(52-40)14-12-10-8-6-5-7-9-11-13-28(4)39(49)51-38/h5-13,26-27,29-38,41-48,50H,14-25H2,1-4H3/b7-5+,8-6+,11-9+,12-10+,28-13+. The molecular weight excluding hydrogens is 672 g/mol. The summed E-state index contributed by atoms with van der Waals surface area (Å²) in [7, 11) is 0. The predicted molar refractivity (Wildman–Crippen MR) is 197 cm³/mol. The SMILES string of the molecule is C\C1=C/C=C/C=C/C=C/C=C/CC2CC(O)CC(O)(CC(O)CC(O)CC(O)CC(O)CC(O)CC(O)CC(O)CCC(C)C(C(C)C)OC1=O)O2. The zero-order chi connectivity index (χ0) is 38.8. The van der Waals surface area contributed by atoms with E-state index in [-0.39, 0.29) is 69.3 Å². The van der Waals surface area contributed by atoms with E-state index in [1.165, 1.54) is 0 Å². The topological polar surface area (TPSA) is 218 Å². The molecule has 0 aromatic carbocycles. The van der Waals surface area contributed by atoms with E-state index in [2.05, 4.69) is 0 Å². The molecule has 0 aromatic heterocycles. The summed E-state index contributed by atoms with van der Waals surface area (Å²) in [5.41, 5.74) is 0.438. The van der Waals surface area contributed by atoms with Crippen LogP contribution in [0, 0.1) is 11.8 Å². The van der Waals surface area contributed by atoms with Crippen LogP contribution in [0.1, 0.15) is 105 Å². The van der Waals surface area contributed by atoms with Crippen molar-refractivity contribution >= 4 is 5.97 Å². The smallest absolute Gasteiger partial charge is 0.334 e. The highest BCUT2D eigenvalue weighted by molar-refractivity contribution is 5.88. The third-order valence-corrected chi connectivity index (χ3v) is 9.58. The Balaban J connectivity index is 2.13. The molecule has 1 saturated heterocycles. The third-order valence-electron chi connectivity index (χ3n) is 9.58. The fourth-order valence-electron chi connectivity index (χ4n) is 7.02. The van der Waals surface area contributed by atoms with Crippen LogP contribution in [0.25, 0.3) is 0 Å². The van der Waals surface area contributed by atoms with Crippen molar-refractivity contribution in [3.05, 3.63) is 60.3 Å². The van der Waals surface area contributed by atoms with Gasteiger partial charge in [-0.05, 0) is 76.5 Å². The first kappa shape index (κ1) is 45.9. The van der Waals surface area contributed by atoms with Crippen LogP contribution in [0.2, 0.25) is 0 Å². The lowest BCUT2D eigenvalue weighted by molar-refractivity contribution is -0.282. The van der Waals surface area contributed by atoms with Gasteiger partial charge in [0.15, 0.2) is 5.79 Å². The van der Waals surface area contributed by atoms with Crippen LogP contribution >= 0.6 is 0 Å². The fourth-order valence-corrected chi connectivity index (χ4v) is 7.02. The fraction of sp³-hybridized carbons (Fsp3) is 0.725. The Morgan fingerprint density at radius 2 is 1.08 bits per heavy atom. The minimum Gasteiger partial charge on any atom is -0.458 e. The molecule has 12 heteroatoms. The van der Waals surface area contributed by atoms with E-state index in [4.69, 9.17) is 9.47 Å².